The summed E-state index contributed by atoms with van der Waals surface area (Å²) >= 11 is 0. The second-order valence-corrected chi connectivity index (χ2v) is 6.21. The Morgan fingerprint density at radius 3 is 2.60 bits per heavy atom. The summed E-state index contributed by atoms with van der Waals surface area (Å²) in [5.41, 5.74) is 0.706. The molecule has 126 valence electrons. The molecular formula is C21H19NO3. The number of carbonyl (C=O) groups excluding carboxylic acids is 1. The Labute approximate surface area is 146 Å². The summed E-state index contributed by atoms with van der Waals surface area (Å²) in [4.78, 5) is 14.6. The van der Waals surface area contributed by atoms with Gasteiger partial charge in [0.1, 0.15) is 6.61 Å². The topological polar surface area (TPSA) is 38.8 Å². The zero-order valence-corrected chi connectivity index (χ0v) is 14.0. The van der Waals surface area contributed by atoms with Crippen LogP contribution in [0.4, 0.5) is 0 Å². The third kappa shape index (κ3) is 3.03. The smallest absolute Gasteiger partial charge is 0.254 e. The molecule has 4 rings (SSSR count). The van der Waals surface area contributed by atoms with E-state index in [0.717, 1.165) is 22.3 Å². The molecule has 0 bridgehead atoms. The van der Waals surface area contributed by atoms with E-state index in [1.165, 1.54) is 0 Å². The Balaban J connectivity index is 1.51. The number of rotatable bonds is 3. The van der Waals surface area contributed by atoms with Crippen LogP contribution < -0.4 is 9.47 Å². The Kier molecular flexibility index (Phi) is 4.02. The molecule has 3 aromatic carbocycles. The van der Waals surface area contributed by atoms with Crippen LogP contribution in [0.2, 0.25) is 0 Å². The molecule has 0 radical (unpaired) electrons. The highest BCUT2D eigenvalue weighted by Crippen LogP contribution is 2.31. The summed E-state index contributed by atoms with van der Waals surface area (Å²) in [7, 11) is 1.80. The number of hydrogen-bond acceptors (Lipinski definition) is 3. The van der Waals surface area contributed by atoms with Gasteiger partial charge in [-0.05, 0) is 29.0 Å². The van der Waals surface area contributed by atoms with Gasteiger partial charge in [-0.15, -0.1) is 0 Å². The summed E-state index contributed by atoms with van der Waals surface area (Å²) < 4.78 is 11.7. The molecule has 0 unspecified atom stereocenters. The lowest BCUT2D eigenvalue weighted by Gasteiger charge is -2.29. The van der Waals surface area contributed by atoms with Crippen molar-refractivity contribution >= 4 is 16.7 Å². The highest BCUT2D eigenvalue weighted by Gasteiger charge is 2.24. The van der Waals surface area contributed by atoms with Gasteiger partial charge in [-0.3, -0.25) is 4.79 Å². The summed E-state index contributed by atoms with van der Waals surface area (Å²) in [6.45, 7) is 0.903. The largest absolute Gasteiger partial charge is 0.486 e. The van der Waals surface area contributed by atoms with Gasteiger partial charge >= 0.3 is 0 Å². The zero-order chi connectivity index (χ0) is 17.2. The minimum Gasteiger partial charge on any atom is -0.486 e. The van der Waals surface area contributed by atoms with Crippen molar-refractivity contribution in [3.05, 3.63) is 72.3 Å². The average molecular weight is 333 g/mol. The normalized spacial score (nSPS) is 15.8. The molecule has 1 aliphatic heterocycles. The molecule has 4 heteroatoms. The second-order valence-electron chi connectivity index (χ2n) is 6.21. The first kappa shape index (κ1) is 15.5. The first-order valence-corrected chi connectivity index (χ1v) is 8.34. The molecule has 1 atom stereocenters. The first-order valence-electron chi connectivity index (χ1n) is 8.34. The minimum atomic E-state index is -0.182. The molecule has 0 saturated carbocycles. The van der Waals surface area contributed by atoms with Crippen molar-refractivity contribution in [1.29, 1.82) is 0 Å². The molecule has 25 heavy (non-hydrogen) atoms. The van der Waals surface area contributed by atoms with Crippen molar-refractivity contribution < 1.29 is 14.3 Å². The Morgan fingerprint density at radius 2 is 1.72 bits per heavy atom. The number of likely N-dealkylation sites (N-methyl/N-ethyl adjacent to an activating group) is 1. The van der Waals surface area contributed by atoms with Crippen LogP contribution in [0.15, 0.2) is 66.7 Å². The van der Waals surface area contributed by atoms with Crippen LogP contribution in [0, 0.1) is 0 Å². The van der Waals surface area contributed by atoms with E-state index in [4.69, 9.17) is 9.47 Å². The van der Waals surface area contributed by atoms with Gasteiger partial charge in [0, 0.05) is 12.6 Å². The fourth-order valence-electron chi connectivity index (χ4n) is 3.16. The highest BCUT2D eigenvalue weighted by atomic mass is 16.6. The molecular weight excluding hydrogens is 314 g/mol. The molecule has 0 N–H and O–H groups in total. The predicted octanol–water partition coefficient (Wildman–Crippen LogP) is 3.75. The maximum absolute atomic E-state index is 12.9. The predicted molar refractivity (Wildman–Crippen MR) is 97.3 cm³/mol. The van der Waals surface area contributed by atoms with Crippen molar-refractivity contribution in [2.45, 2.75) is 6.10 Å². The van der Waals surface area contributed by atoms with Crippen LogP contribution in [0.5, 0.6) is 11.5 Å². The number of benzene rings is 3. The number of para-hydroxylation sites is 2. The fraction of sp³-hybridized carbons (Fsp3) is 0.190. The summed E-state index contributed by atoms with van der Waals surface area (Å²) in [6.07, 6.45) is -0.182. The average Bonchev–Trinajstić information content (AvgIpc) is 2.67. The molecule has 0 aliphatic carbocycles. The zero-order valence-electron chi connectivity index (χ0n) is 14.0. The standard InChI is InChI=1S/C21H19NO3/c1-22(13-16-14-24-19-11-4-5-12-20(19)25-16)21(23)18-10-6-8-15-7-2-3-9-17(15)18/h2-12,16H,13-14H2,1H3/t16-/m1/s1. The van der Waals surface area contributed by atoms with Gasteiger partial charge in [-0.25, -0.2) is 0 Å². The fourth-order valence-corrected chi connectivity index (χ4v) is 3.16. The number of nitrogens with zero attached hydrogens (tertiary/aromatic N) is 1. The third-order valence-electron chi connectivity index (χ3n) is 4.41. The lowest BCUT2D eigenvalue weighted by atomic mass is 10.0. The summed E-state index contributed by atoms with van der Waals surface area (Å²) in [6, 6.07) is 21.3. The van der Waals surface area contributed by atoms with Gasteiger partial charge in [-0.1, -0.05) is 48.5 Å². The number of amides is 1. The van der Waals surface area contributed by atoms with E-state index < -0.39 is 0 Å². The first-order chi connectivity index (χ1) is 12.2. The van der Waals surface area contributed by atoms with Crippen LogP contribution in [0.3, 0.4) is 0 Å². The summed E-state index contributed by atoms with van der Waals surface area (Å²) in [5, 5.41) is 2.03. The molecule has 3 aromatic rings. The van der Waals surface area contributed by atoms with Gasteiger partial charge in [0.2, 0.25) is 0 Å². The Morgan fingerprint density at radius 1 is 1.00 bits per heavy atom. The van der Waals surface area contributed by atoms with Gasteiger partial charge in [0.05, 0.1) is 6.54 Å². The van der Waals surface area contributed by atoms with E-state index in [2.05, 4.69) is 0 Å². The van der Waals surface area contributed by atoms with Gasteiger partial charge < -0.3 is 14.4 Å². The highest BCUT2D eigenvalue weighted by molar-refractivity contribution is 6.06. The van der Waals surface area contributed by atoms with E-state index in [1.807, 2.05) is 66.7 Å². The number of hydrogen-bond donors (Lipinski definition) is 0. The van der Waals surface area contributed by atoms with Gasteiger partial charge in [0.25, 0.3) is 5.91 Å². The van der Waals surface area contributed by atoms with Gasteiger partial charge in [0.15, 0.2) is 17.6 Å². The van der Waals surface area contributed by atoms with E-state index >= 15 is 0 Å². The quantitative estimate of drug-likeness (QED) is 0.733. The van der Waals surface area contributed by atoms with Crippen LogP contribution in [-0.4, -0.2) is 37.1 Å². The van der Waals surface area contributed by atoms with Crippen LogP contribution in [-0.2, 0) is 0 Å². The van der Waals surface area contributed by atoms with Crippen molar-refractivity contribution in [1.82, 2.24) is 4.90 Å². The maximum atomic E-state index is 12.9. The number of fused-ring (bicyclic) bond motifs is 2. The van der Waals surface area contributed by atoms with E-state index in [0.29, 0.717) is 18.7 Å². The van der Waals surface area contributed by atoms with Crippen LogP contribution in [0.1, 0.15) is 10.4 Å². The molecule has 0 saturated heterocycles. The maximum Gasteiger partial charge on any atom is 0.254 e. The molecule has 1 amide bonds. The lowest BCUT2D eigenvalue weighted by molar-refractivity contribution is 0.0522. The van der Waals surface area contributed by atoms with Gasteiger partial charge in [-0.2, -0.15) is 0 Å². The molecule has 4 nitrogen and oxygen atoms in total. The molecule has 0 spiro atoms. The molecule has 1 aliphatic rings. The Hall–Kier alpha value is -3.01. The lowest BCUT2D eigenvalue weighted by Crippen LogP contribution is -2.41. The monoisotopic (exact) mass is 333 g/mol. The van der Waals surface area contributed by atoms with Crippen LogP contribution >= 0.6 is 0 Å². The van der Waals surface area contributed by atoms with Crippen molar-refractivity contribution in [2.75, 3.05) is 20.2 Å². The molecule has 1 heterocycles. The summed E-state index contributed by atoms with van der Waals surface area (Å²) in [5.74, 6) is 1.46. The number of ether oxygens (including phenoxy) is 2. The van der Waals surface area contributed by atoms with Crippen LogP contribution in [0.25, 0.3) is 10.8 Å². The third-order valence-corrected chi connectivity index (χ3v) is 4.41. The van der Waals surface area contributed by atoms with E-state index in [-0.39, 0.29) is 12.0 Å². The second kappa shape index (κ2) is 6.48. The SMILES string of the molecule is CN(C[C@@H]1COc2ccccc2O1)C(=O)c1cccc2ccccc12. The van der Waals surface area contributed by atoms with Crippen molar-refractivity contribution in [3.63, 3.8) is 0 Å². The van der Waals surface area contributed by atoms with E-state index in [1.54, 1.807) is 11.9 Å². The molecule has 0 aromatic heterocycles. The minimum absolute atomic E-state index is 0.0146. The van der Waals surface area contributed by atoms with E-state index in [9.17, 15) is 4.79 Å². The number of carbonyl (C=O) groups is 1. The molecule has 0 fully saturated rings. The van der Waals surface area contributed by atoms with Crippen molar-refractivity contribution in [2.24, 2.45) is 0 Å². The van der Waals surface area contributed by atoms with Crippen molar-refractivity contribution in [3.8, 4) is 11.5 Å². The Bertz CT molecular complexity index is 916.